The average molecular weight is 477 g/mol. The molecule has 0 spiro atoms. The largest absolute Gasteiger partial charge is 0.468 e. The SMILES string of the molecule is COC(=O)[C@]12Cc3cnn(-c4ccc(C(F)(F)F)cc4)c3C=C1CCN(C(=O)OC(C)(C)C)C2. The molecule has 0 unspecified atom stereocenters. The molecule has 7 nitrogen and oxygen atoms in total. The third-order valence-electron chi connectivity index (χ3n) is 6.08. The van der Waals surface area contributed by atoms with Crippen molar-refractivity contribution in [3.05, 3.63) is 52.9 Å². The fourth-order valence-electron chi connectivity index (χ4n) is 4.50. The van der Waals surface area contributed by atoms with E-state index in [1.54, 1.807) is 31.6 Å². The highest BCUT2D eigenvalue weighted by atomic mass is 19.4. The van der Waals surface area contributed by atoms with Crippen LogP contribution >= 0.6 is 0 Å². The van der Waals surface area contributed by atoms with Crippen LogP contribution in [-0.4, -0.2) is 52.5 Å². The van der Waals surface area contributed by atoms with Crippen molar-refractivity contribution < 1.29 is 32.2 Å². The van der Waals surface area contributed by atoms with Crippen molar-refractivity contribution in [2.75, 3.05) is 20.2 Å². The zero-order chi connectivity index (χ0) is 24.9. The number of benzene rings is 1. The van der Waals surface area contributed by atoms with Gasteiger partial charge in [0.2, 0.25) is 0 Å². The van der Waals surface area contributed by atoms with E-state index in [0.717, 1.165) is 23.3 Å². The topological polar surface area (TPSA) is 73.7 Å². The van der Waals surface area contributed by atoms with Gasteiger partial charge in [-0.25, -0.2) is 9.48 Å². The highest BCUT2D eigenvalue weighted by Crippen LogP contribution is 2.45. The molecule has 182 valence electrons. The summed E-state index contributed by atoms with van der Waals surface area (Å²) in [6.45, 7) is 5.80. The molecule has 0 N–H and O–H groups in total. The summed E-state index contributed by atoms with van der Waals surface area (Å²) in [5.74, 6) is -0.458. The molecule has 0 saturated carbocycles. The van der Waals surface area contributed by atoms with Crippen LogP contribution in [-0.2, 0) is 26.9 Å². The van der Waals surface area contributed by atoms with Crippen molar-refractivity contribution in [2.24, 2.45) is 5.41 Å². The van der Waals surface area contributed by atoms with Gasteiger partial charge in [-0.1, -0.05) is 0 Å². The zero-order valence-electron chi connectivity index (χ0n) is 19.4. The number of carbonyl (C=O) groups excluding carboxylic acids is 2. The monoisotopic (exact) mass is 477 g/mol. The lowest BCUT2D eigenvalue weighted by Gasteiger charge is -2.44. The van der Waals surface area contributed by atoms with Crippen LogP contribution in [0.2, 0.25) is 0 Å². The number of rotatable bonds is 2. The number of hydrogen-bond acceptors (Lipinski definition) is 5. The van der Waals surface area contributed by atoms with E-state index in [0.29, 0.717) is 24.3 Å². The first-order chi connectivity index (χ1) is 15.8. The number of aromatic nitrogens is 2. The molecule has 34 heavy (non-hydrogen) atoms. The molecular weight excluding hydrogens is 451 g/mol. The van der Waals surface area contributed by atoms with E-state index < -0.39 is 34.8 Å². The molecular formula is C24H26F3N3O4. The number of ether oxygens (including phenoxy) is 2. The molecule has 0 radical (unpaired) electrons. The Hall–Kier alpha value is -3.30. The molecule has 1 aromatic heterocycles. The zero-order valence-corrected chi connectivity index (χ0v) is 19.4. The molecule has 1 amide bonds. The summed E-state index contributed by atoms with van der Waals surface area (Å²) in [5, 5.41) is 4.37. The number of piperidine rings is 1. The minimum Gasteiger partial charge on any atom is -0.468 e. The first kappa shape index (κ1) is 23.8. The van der Waals surface area contributed by atoms with Gasteiger partial charge < -0.3 is 14.4 Å². The van der Waals surface area contributed by atoms with Crippen molar-refractivity contribution in [2.45, 2.75) is 45.4 Å². The first-order valence-corrected chi connectivity index (χ1v) is 10.9. The van der Waals surface area contributed by atoms with E-state index >= 15 is 0 Å². The second-order valence-electron chi connectivity index (χ2n) is 9.58. The lowest BCUT2D eigenvalue weighted by atomic mass is 9.68. The van der Waals surface area contributed by atoms with Gasteiger partial charge in [0.25, 0.3) is 0 Å². The third kappa shape index (κ3) is 4.28. The Bertz CT molecular complexity index is 1150. The second-order valence-corrected chi connectivity index (χ2v) is 9.58. The molecule has 1 aliphatic heterocycles. The molecule has 1 atom stereocenters. The van der Waals surface area contributed by atoms with Gasteiger partial charge in [0.15, 0.2) is 0 Å². The Balaban J connectivity index is 1.68. The van der Waals surface area contributed by atoms with Crippen LogP contribution in [0.25, 0.3) is 11.8 Å². The van der Waals surface area contributed by atoms with Crippen molar-refractivity contribution >= 4 is 18.1 Å². The minimum atomic E-state index is -4.42. The van der Waals surface area contributed by atoms with Crippen LogP contribution in [0.15, 0.2) is 36.0 Å². The summed E-state index contributed by atoms with van der Waals surface area (Å²) in [6, 6.07) is 4.75. The fraction of sp³-hybridized carbons (Fsp3) is 0.458. The predicted octanol–water partition coefficient (Wildman–Crippen LogP) is 4.63. The summed E-state index contributed by atoms with van der Waals surface area (Å²) in [6.07, 6.45) is -0.815. The Morgan fingerprint density at radius 3 is 2.38 bits per heavy atom. The molecule has 10 heteroatoms. The van der Waals surface area contributed by atoms with E-state index in [4.69, 9.17) is 9.47 Å². The molecule has 1 aliphatic carbocycles. The number of nitrogens with zero attached hydrogens (tertiary/aromatic N) is 3. The normalized spacial score (nSPS) is 20.2. The van der Waals surface area contributed by atoms with Gasteiger partial charge in [-0.3, -0.25) is 4.79 Å². The third-order valence-corrected chi connectivity index (χ3v) is 6.08. The first-order valence-electron chi connectivity index (χ1n) is 10.9. The van der Waals surface area contributed by atoms with Gasteiger partial charge >= 0.3 is 18.2 Å². The van der Waals surface area contributed by atoms with Gasteiger partial charge in [0, 0.05) is 13.1 Å². The van der Waals surface area contributed by atoms with Gasteiger partial charge in [0.1, 0.15) is 11.0 Å². The number of fused-ring (bicyclic) bond motifs is 2. The second kappa shape index (κ2) is 8.18. The summed E-state index contributed by atoms with van der Waals surface area (Å²) in [7, 11) is 1.31. The van der Waals surface area contributed by atoms with Crippen LogP contribution in [0.3, 0.4) is 0 Å². The molecule has 2 aromatic rings. The molecule has 2 aliphatic rings. The Kier molecular flexibility index (Phi) is 5.73. The Morgan fingerprint density at radius 2 is 1.79 bits per heavy atom. The standard InChI is InChI=1S/C24H26F3N3O4/c1-22(2,3)34-21(32)29-10-9-17-11-19-15(12-23(17,14-29)20(31)33-4)13-28-30(19)18-7-5-16(6-8-18)24(25,26)27/h5-8,11,13H,9-10,12,14H2,1-4H3/t23-/m0/s1. The summed E-state index contributed by atoms with van der Waals surface area (Å²) >= 11 is 0. The molecule has 1 saturated heterocycles. The predicted molar refractivity (Wildman–Crippen MR) is 117 cm³/mol. The lowest BCUT2D eigenvalue weighted by Crippen LogP contribution is -2.54. The number of halogens is 3. The van der Waals surface area contributed by atoms with E-state index in [9.17, 15) is 22.8 Å². The fourth-order valence-corrected chi connectivity index (χ4v) is 4.50. The highest BCUT2D eigenvalue weighted by Gasteiger charge is 2.51. The minimum absolute atomic E-state index is 0.102. The summed E-state index contributed by atoms with van der Waals surface area (Å²) < 4.78 is 51.0. The van der Waals surface area contributed by atoms with Crippen LogP contribution in [0.5, 0.6) is 0 Å². The van der Waals surface area contributed by atoms with Crippen LogP contribution in [0.4, 0.5) is 18.0 Å². The number of carbonyl (C=O) groups is 2. The Labute approximate surface area is 195 Å². The summed E-state index contributed by atoms with van der Waals surface area (Å²) in [4.78, 5) is 27.2. The molecule has 2 heterocycles. The maximum Gasteiger partial charge on any atom is 0.416 e. The smallest absolute Gasteiger partial charge is 0.416 e. The van der Waals surface area contributed by atoms with E-state index in [2.05, 4.69) is 5.10 Å². The van der Waals surface area contributed by atoms with Crippen LogP contribution in [0.1, 0.15) is 44.0 Å². The van der Waals surface area contributed by atoms with Crippen LogP contribution in [0, 0.1) is 5.41 Å². The Morgan fingerprint density at radius 1 is 1.12 bits per heavy atom. The quantitative estimate of drug-likeness (QED) is 0.590. The van der Waals surface area contributed by atoms with Crippen molar-refractivity contribution in [3.8, 4) is 5.69 Å². The maximum atomic E-state index is 13.0. The van der Waals surface area contributed by atoms with Gasteiger partial charge in [-0.2, -0.15) is 18.3 Å². The van der Waals surface area contributed by atoms with Crippen molar-refractivity contribution in [3.63, 3.8) is 0 Å². The number of hydrogen-bond donors (Lipinski definition) is 0. The van der Waals surface area contributed by atoms with Gasteiger partial charge in [-0.15, -0.1) is 0 Å². The van der Waals surface area contributed by atoms with E-state index in [1.165, 1.54) is 24.1 Å². The van der Waals surface area contributed by atoms with Gasteiger partial charge in [-0.05, 0) is 75.1 Å². The van der Waals surface area contributed by atoms with Gasteiger partial charge in [0.05, 0.1) is 30.3 Å². The number of amides is 1. The average Bonchev–Trinajstić information content (AvgIpc) is 3.17. The number of likely N-dealkylation sites (tertiary alicyclic amines) is 1. The number of methoxy groups -OCH3 is 1. The van der Waals surface area contributed by atoms with Crippen LogP contribution < -0.4 is 0 Å². The number of esters is 1. The maximum absolute atomic E-state index is 13.0. The van der Waals surface area contributed by atoms with Crippen molar-refractivity contribution in [1.29, 1.82) is 0 Å². The molecule has 4 rings (SSSR count). The van der Waals surface area contributed by atoms with E-state index in [-0.39, 0.29) is 13.0 Å². The summed E-state index contributed by atoms with van der Waals surface area (Å²) in [5.41, 5.74) is 0.206. The molecule has 1 aromatic carbocycles. The molecule has 1 fully saturated rings. The lowest BCUT2D eigenvalue weighted by molar-refractivity contribution is -0.152. The van der Waals surface area contributed by atoms with E-state index in [1.807, 2.05) is 6.08 Å². The number of alkyl halides is 3. The van der Waals surface area contributed by atoms with Crippen molar-refractivity contribution in [1.82, 2.24) is 14.7 Å². The highest BCUT2D eigenvalue weighted by molar-refractivity contribution is 5.86. The molecule has 0 bridgehead atoms.